The molecule has 0 radical (unpaired) electrons. The maximum Gasteiger partial charge on any atom is 0.264 e. The van der Waals surface area contributed by atoms with Gasteiger partial charge in [-0.15, -0.1) is 6.42 Å². The predicted octanol–water partition coefficient (Wildman–Crippen LogP) is 2.36. The number of hydrogen-bond donors (Lipinski definition) is 3. The molecule has 0 aliphatic heterocycles. The summed E-state index contributed by atoms with van der Waals surface area (Å²) < 4.78 is 27.6. The van der Waals surface area contributed by atoms with Gasteiger partial charge in [-0.1, -0.05) is 35.7 Å². The lowest BCUT2D eigenvalue weighted by atomic mass is 10.2. The summed E-state index contributed by atoms with van der Waals surface area (Å²) >= 11 is 6.10. The normalized spacial score (nSPS) is 11.4. The van der Waals surface area contributed by atoms with Crippen LogP contribution in [0.2, 0.25) is 5.02 Å². The number of sulfonamides is 1. The molecule has 0 fully saturated rings. The Morgan fingerprint density at radius 3 is 2.46 bits per heavy atom. The molecule has 0 saturated carbocycles. The van der Waals surface area contributed by atoms with Gasteiger partial charge in [-0.25, -0.2) is 18.1 Å². The fraction of sp³-hybridized carbons (Fsp3) is 0.158. The van der Waals surface area contributed by atoms with Gasteiger partial charge in [0.1, 0.15) is 0 Å². The van der Waals surface area contributed by atoms with Gasteiger partial charge >= 0.3 is 0 Å². The quantitative estimate of drug-likeness (QED) is 0.381. The molecule has 28 heavy (non-hydrogen) atoms. The minimum absolute atomic E-state index is 0.00353. The first kappa shape index (κ1) is 21.3. The smallest absolute Gasteiger partial charge is 0.264 e. The van der Waals surface area contributed by atoms with Gasteiger partial charge in [-0.05, 0) is 35.9 Å². The lowest BCUT2D eigenvalue weighted by Gasteiger charge is -2.12. The standard InChI is InChI=1S/C19H19ClN4O3S/c1-3-12-21-19(22-13-15-6-4-5-7-18(15)20)24-28(26,27)17-10-8-16(9-11-17)23-14(2)25/h1,4-11H,12-13H2,2H3,(H,23,25)(H2,21,22,24). The number of halogens is 1. The van der Waals surface area contributed by atoms with Gasteiger partial charge in [0.05, 0.1) is 18.0 Å². The summed E-state index contributed by atoms with van der Waals surface area (Å²) in [5, 5.41) is 5.84. The lowest BCUT2D eigenvalue weighted by molar-refractivity contribution is -0.114. The molecule has 0 aromatic heterocycles. The fourth-order valence-corrected chi connectivity index (χ4v) is 3.36. The van der Waals surface area contributed by atoms with Crippen LogP contribution in [0.15, 0.2) is 58.4 Å². The second-order valence-electron chi connectivity index (χ2n) is 5.62. The maximum atomic E-state index is 12.6. The van der Waals surface area contributed by atoms with Crippen molar-refractivity contribution in [1.82, 2.24) is 10.0 Å². The van der Waals surface area contributed by atoms with E-state index in [0.717, 1.165) is 5.56 Å². The number of carbonyl (C=O) groups is 1. The number of benzene rings is 2. The zero-order chi connectivity index (χ0) is 20.6. The summed E-state index contributed by atoms with van der Waals surface area (Å²) in [5.41, 5.74) is 1.23. The van der Waals surface area contributed by atoms with Gasteiger partial charge in [-0.3, -0.25) is 4.79 Å². The van der Waals surface area contributed by atoms with Crippen molar-refractivity contribution in [2.75, 3.05) is 11.9 Å². The lowest BCUT2D eigenvalue weighted by Crippen LogP contribution is -2.41. The second kappa shape index (κ2) is 9.78. The Labute approximate surface area is 169 Å². The minimum Gasteiger partial charge on any atom is -0.345 e. The van der Waals surface area contributed by atoms with Gasteiger partial charge in [0.15, 0.2) is 0 Å². The molecule has 2 aromatic rings. The Kier molecular flexibility index (Phi) is 7.44. The van der Waals surface area contributed by atoms with Crippen molar-refractivity contribution >= 4 is 39.2 Å². The molecule has 2 rings (SSSR count). The molecule has 0 atom stereocenters. The Bertz CT molecular complexity index is 1010. The SMILES string of the molecule is C#CCNC(=NCc1ccccc1Cl)NS(=O)(=O)c1ccc(NC(C)=O)cc1. The van der Waals surface area contributed by atoms with E-state index in [1.165, 1.54) is 31.2 Å². The average molecular weight is 419 g/mol. The summed E-state index contributed by atoms with van der Waals surface area (Å²) in [4.78, 5) is 15.3. The van der Waals surface area contributed by atoms with Crippen molar-refractivity contribution in [3.63, 3.8) is 0 Å². The predicted molar refractivity (Wildman–Crippen MR) is 110 cm³/mol. The third kappa shape index (κ3) is 6.30. The molecule has 9 heteroatoms. The van der Waals surface area contributed by atoms with Crippen LogP contribution in [0.3, 0.4) is 0 Å². The van der Waals surface area contributed by atoms with Crippen molar-refractivity contribution < 1.29 is 13.2 Å². The number of aliphatic imine (C=N–C) groups is 1. The minimum atomic E-state index is -3.91. The molecule has 3 N–H and O–H groups in total. The zero-order valence-corrected chi connectivity index (χ0v) is 16.6. The first-order chi connectivity index (χ1) is 13.3. The number of anilines is 1. The molecular formula is C19H19ClN4O3S. The number of amides is 1. The van der Waals surface area contributed by atoms with Gasteiger partial charge in [0, 0.05) is 17.6 Å². The number of rotatable bonds is 6. The molecule has 146 valence electrons. The first-order valence-electron chi connectivity index (χ1n) is 8.17. The third-order valence-corrected chi connectivity index (χ3v) is 5.16. The summed E-state index contributed by atoms with van der Waals surface area (Å²) in [6.45, 7) is 1.62. The van der Waals surface area contributed by atoms with E-state index in [1.54, 1.807) is 18.2 Å². The van der Waals surface area contributed by atoms with Crippen molar-refractivity contribution in [2.45, 2.75) is 18.4 Å². The van der Waals surface area contributed by atoms with Gasteiger partial charge < -0.3 is 10.6 Å². The van der Waals surface area contributed by atoms with E-state index in [2.05, 4.69) is 26.3 Å². The molecule has 0 heterocycles. The van der Waals surface area contributed by atoms with E-state index in [4.69, 9.17) is 18.0 Å². The van der Waals surface area contributed by atoms with Crippen molar-refractivity contribution in [1.29, 1.82) is 0 Å². The summed E-state index contributed by atoms with van der Waals surface area (Å²) in [5.74, 6) is 2.12. The molecule has 0 aliphatic rings. The van der Waals surface area contributed by atoms with Gasteiger partial charge in [0.2, 0.25) is 11.9 Å². The number of nitrogens with zero attached hydrogens (tertiary/aromatic N) is 1. The highest BCUT2D eigenvalue weighted by molar-refractivity contribution is 7.90. The van der Waals surface area contributed by atoms with Crippen molar-refractivity contribution in [3.05, 3.63) is 59.1 Å². The van der Waals surface area contributed by atoms with Crippen molar-refractivity contribution in [2.24, 2.45) is 4.99 Å². The van der Waals surface area contributed by atoms with Crippen LogP contribution in [0.5, 0.6) is 0 Å². The Morgan fingerprint density at radius 1 is 1.18 bits per heavy atom. The van der Waals surface area contributed by atoms with Crippen LogP contribution < -0.4 is 15.4 Å². The van der Waals surface area contributed by atoms with E-state index in [-0.39, 0.29) is 29.9 Å². The van der Waals surface area contributed by atoms with Crippen LogP contribution in [0.25, 0.3) is 0 Å². The van der Waals surface area contributed by atoms with Crippen LogP contribution in [-0.2, 0) is 21.4 Å². The van der Waals surface area contributed by atoms with E-state index >= 15 is 0 Å². The largest absolute Gasteiger partial charge is 0.345 e. The van der Waals surface area contributed by atoms with Gasteiger partial charge in [-0.2, -0.15) is 0 Å². The summed E-state index contributed by atoms with van der Waals surface area (Å²) in [6, 6.07) is 12.9. The molecule has 1 amide bonds. The van der Waals surface area contributed by atoms with Gasteiger partial charge in [0.25, 0.3) is 10.0 Å². The zero-order valence-electron chi connectivity index (χ0n) is 15.1. The number of terminal acetylenes is 1. The van der Waals surface area contributed by atoms with Crippen LogP contribution in [0.4, 0.5) is 5.69 Å². The maximum absolute atomic E-state index is 12.6. The molecule has 7 nitrogen and oxygen atoms in total. The molecule has 0 bridgehead atoms. The Morgan fingerprint density at radius 2 is 1.86 bits per heavy atom. The van der Waals surface area contributed by atoms with E-state index in [9.17, 15) is 13.2 Å². The number of nitrogens with one attached hydrogen (secondary N) is 3. The van der Waals surface area contributed by atoms with E-state index in [1.807, 2.05) is 6.07 Å². The highest BCUT2D eigenvalue weighted by Gasteiger charge is 2.16. The second-order valence-corrected chi connectivity index (χ2v) is 7.71. The monoisotopic (exact) mass is 418 g/mol. The topological polar surface area (TPSA) is 99.7 Å². The molecule has 0 unspecified atom stereocenters. The summed E-state index contributed by atoms with van der Waals surface area (Å²) in [7, 11) is -3.91. The average Bonchev–Trinajstić information content (AvgIpc) is 2.65. The number of guanidine groups is 1. The highest BCUT2D eigenvalue weighted by Crippen LogP contribution is 2.16. The fourth-order valence-electron chi connectivity index (χ4n) is 2.16. The van der Waals surface area contributed by atoms with E-state index < -0.39 is 10.0 Å². The van der Waals surface area contributed by atoms with Crippen LogP contribution in [0, 0.1) is 12.3 Å². The Balaban J connectivity index is 2.20. The molecule has 0 spiro atoms. The summed E-state index contributed by atoms with van der Waals surface area (Å²) in [6.07, 6.45) is 5.24. The molecule has 2 aromatic carbocycles. The van der Waals surface area contributed by atoms with E-state index in [0.29, 0.717) is 10.7 Å². The van der Waals surface area contributed by atoms with Crippen LogP contribution >= 0.6 is 11.6 Å². The first-order valence-corrected chi connectivity index (χ1v) is 10.0. The van der Waals surface area contributed by atoms with Crippen molar-refractivity contribution in [3.8, 4) is 12.3 Å². The number of hydrogen-bond acceptors (Lipinski definition) is 4. The molecule has 0 saturated heterocycles. The third-order valence-electron chi connectivity index (χ3n) is 3.44. The highest BCUT2D eigenvalue weighted by atomic mass is 35.5. The van der Waals surface area contributed by atoms with Crippen LogP contribution in [-0.4, -0.2) is 26.8 Å². The molecule has 0 aliphatic carbocycles. The Hall–Kier alpha value is -3.02. The number of carbonyl (C=O) groups excluding carboxylic acids is 1. The van der Waals surface area contributed by atoms with Crippen LogP contribution in [0.1, 0.15) is 12.5 Å². The molecular weight excluding hydrogens is 400 g/mol.